The summed E-state index contributed by atoms with van der Waals surface area (Å²) in [6, 6.07) is 7.77. The minimum absolute atomic E-state index is 0.0204. The maximum atomic E-state index is 12.3. The van der Waals surface area contributed by atoms with E-state index in [2.05, 4.69) is 20.4 Å². The van der Waals surface area contributed by atoms with E-state index < -0.39 is 0 Å². The number of nitrogens with one attached hydrogen (secondary N) is 1. The third kappa shape index (κ3) is 3.71. The second-order valence-electron chi connectivity index (χ2n) is 6.00. The molecule has 1 aliphatic rings. The topological polar surface area (TPSA) is 84.2 Å². The van der Waals surface area contributed by atoms with Gasteiger partial charge in [0.15, 0.2) is 5.13 Å². The summed E-state index contributed by atoms with van der Waals surface area (Å²) >= 11 is 7.32. The summed E-state index contributed by atoms with van der Waals surface area (Å²) in [6.45, 7) is 1.39. The molecule has 1 aromatic carbocycles. The van der Waals surface area contributed by atoms with Crippen LogP contribution in [0.1, 0.15) is 12.8 Å². The molecule has 2 aromatic heterocycles. The van der Waals surface area contributed by atoms with Gasteiger partial charge in [0.2, 0.25) is 11.7 Å². The van der Waals surface area contributed by atoms with Gasteiger partial charge in [-0.15, -0.1) is 11.3 Å². The Bertz CT molecular complexity index is 873. The molecular weight excluding hydrogens is 374 g/mol. The zero-order valence-corrected chi connectivity index (χ0v) is 15.3. The van der Waals surface area contributed by atoms with Crippen molar-refractivity contribution in [3.63, 3.8) is 0 Å². The molecule has 0 unspecified atom stereocenters. The number of carbonyl (C=O) groups excluding carboxylic acids is 1. The Morgan fingerprint density at radius 1 is 1.27 bits per heavy atom. The number of carbonyl (C=O) groups is 1. The first kappa shape index (κ1) is 17.0. The van der Waals surface area contributed by atoms with Crippen LogP contribution in [0, 0.1) is 5.92 Å². The fourth-order valence-electron chi connectivity index (χ4n) is 2.89. The molecule has 0 aliphatic carbocycles. The van der Waals surface area contributed by atoms with Gasteiger partial charge in [0, 0.05) is 41.2 Å². The molecule has 1 fully saturated rings. The molecular formula is C17H16ClN5O2S. The number of rotatable bonds is 4. The van der Waals surface area contributed by atoms with E-state index in [9.17, 15) is 4.79 Å². The van der Waals surface area contributed by atoms with Crippen LogP contribution in [-0.2, 0) is 4.79 Å². The van der Waals surface area contributed by atoms with Crippen LogP contribution in [0.25, 0.3) is 11.4 Å². The maximum absolute atomic E-state index is 12.3. The van der Waals surface area contributed by atoms with E-state index in [1.807, 2.05) is 22.4 Å². The molecule has 7 nitrogen and oxygen atoms in total. The van der Waals surface area contributed by atoms with Gasteiger partial charge in [0.05, 0.1) is 0 Å². The lowest BCUT2D eigenvalue weighted by molar-refractivity contribution is -0.120. The van der Waals surface area contributed by atoms with Crippen molar-refractivity contribution in [2.45, 2.75) is 12.8 Å². The number of anilines is 2. The van der Waals surface area contributed by atoms with Gasteiger partial charge in [-0.05, 0) is 37.1 Å². The van der Waals surface area contributed by atoms with E-state index in [0.717, 1.165) is 18.4 Å². The van der Waals surface area contributed by atoms with Crippen LogP contribution in [0.2, 0.25) is 5.02 Å². The smallest absolute Gasteiger partial charge is 0.324 e. The molecule has 26 heavy (non-hydrogen) atoms. The summed E-state index contributed by atoms with van der Waals surface area (Å²) in [5, 5.41) is 10.0. The molecule has 134 valence electrons. The lowest BCUT2D eigenvalue weighted by Gasteiger charge is -2.29. The second kappa shape index (κ2) is 7.43. The van der Waals surface area contributed by atoms with Crippen molar-refractivity contribution in [3.8, 4) is 11.4 Å². The number of thiazole rings is 1. The highest BCUT2D eigenvalue weighted by molar-refractivity contribution is 7.13. The molecule has 3 heterocycles. The predicted octanol–water partition coefficient (Wildman–Crippen LogP) is 3.70. The molecule has 0 saturated carbocycles. The minimum atomic E-state index is -0.0335. The van der Waals surface area contributed by atoms with Crippen molar-refractivity contribution >= 4 is 40.0 Å². The molecule has 1 aliphatic heterocycles. The summed E-state index contributed by atoms with van der Waals surface area (Å²) in [5.41, 5.74) is 0.849. The monoisotopic (exact) mass is 389 g/mol. The summed E-state index contributed by atoms with van der Waals surface area (Å²) in [5.74, 6) is 0.515. The number of hydrogen-bond acceptors (Lipinski definition) is 7. The van der Waals surface area contributed by atoms with Gasteiger partial charge in [-0.25, -0.2) is 4.98 Å². The lowest BCUT2D eigenvalue weighted by Crippen LogP contribution is -2.38. The highest BCUT2D eigenvalue weighted by atomic mass is 35.5. The molecule has 1 amide bonds. The number of amides is 1. The molecule has 0 radical (unpaired) electrons. The van der Waals surface area contributed by atoms with Gasteiger partial charge in [-0.3, -0.25) is 4.79 Å². The molecule has 0 atom stereocenters. The van der Waals surface area contributed by atoms with Crippen molar-refractivity contribution in [2.24, 2.45) is 5.92 Å². The molecule has 0 bridgehead atoms. The Balaban J connectivity index is 1.36. The quantitative estimate of drug-likeness (QED) is 0.732. The zero-order chi connectivity index (χ0) is 17.9. The fraction of sp³-hybridized carbons (Fsp3) is 0.294. The van der Waals surface area contributed by atoms with Crippen molar-refractivity contribution in [1.82, 2.24) is 15.1 Å². The van der Waals surface area contributed by atoms with E-state index >= 15 is 0 Å². The number of benzene rings is 1. The number of halogens is 1. The molecule has 0 spiro atoms. The molecule has 3 aromatic rings. The second-order valence-corrected chi connectivity index (χ2v) is 7.33. The van der Waals surface area contributed by atoms with Crippen LogP contribution in [0.4, 0.5) is 11.1 Å². The lowest BCUT2D eigenvalue weighted by atomic mass is 9.96. The van der Waals surface area contributed by atoms with Gasteiger partial charge >= 0.3 is 6.01 Å². The van der Waals surface area contributed by atoms with Crippen LogP contribution < -0.4 is 10.2 Å². The van der Waals surface area contributed by atoms with E-state index in [1.165, 1.54) is 11.3 Å². The Hall–Kier alpha value is -2.45. The zero-order valence-electron chi connectivity index (χ0n) is 13.8. The first-order chi connectivity index (χ1) is 12.7. The average Bonchev–Trinajstić information content (AvgIpc) is 3.34. The minimum Gasteiger partial charge on any atom is -0.324 e. The predicted molar refractivity (Wildman–Crippen MR) is 100 cm³/mol. The highest BCUT2D eigenvalue weighted by Crippen LogP contribution is 2.26. The molecule has 1 N–H and O–H groups in total. The fourth-order valence-corrected chi connectivity index (χ4v) is 3.54. The third-order valence-electron chi connectivity index (χ3n) is 4.32. The van der Waals surface area contributed by atoms with E-state index in [4.69, 9.17) is 16.1 Å². The van der Waals surface area contributed by atoms with Crippen LogP contribution in [0.5, 0.6) is 0 Å². The number of hydrogen-bond donors (Lipinski definition) is 1. The Labute approximate surface area is 159 Å². The third-order valence-corrected chi connectivity index (χ3v) is 5.26. The van der Waals surface area contributed by atoms with Crippen LogP contribution >= 0.6 is 22.9 Å². The van der Waals surface area contributed by atoms with Crippen molar-refractivity contribution in [1.29, 1.82) is 0 Å². The summed E-state index contributed by atoms with van der Waals surface area (Å²) in [6.07, 6.45) is 3.14. The van der Waals surface area contributed by atoms with E-state index in [1.54, 1.807) is 18.3 Å². The van der Waals surface area contributed by atoms with Crippen molar-refractivity contribution in [2.75, 3.05) is 23.3 Å². The summed E-state index contributed by atoms with van der Waals surface area (Å²) < 4.78 is 5.39. The maximum Gasteiger partial charge on any atom is 0.324 e. The van der Waals surface area contributed by atoms with Crippen molar-refractivity contribution in [3.05, 3.63) is 40.9 Å². The SMILES string of the molecule is O=C(Nc1nccs1)C1CCN(c2nc(-c3ccc(Cl)cc3)no2)CC1. The molecule has 9 heteroatoms. The van der Waals surface area contributed by atoms with Gasteiger partial charge in [-0.2, -0.15) is 4.98 Å². The van der Waals surface area contributed by atoms with Gasteiger partial charge in [-0.1, -0.05) is 16.8 Å². The first-order valence-electron chi connectivity index (χ1n) is 8.24. The standard InChI is InChI=1S/C17H16ClN5O2S/c18-13-3-1-11(2-4-13)14-20-17(25-22-14)23-8-5-12(6-9-23)15(24)21-16-19-7-10-26-16/h1-4,7,10,12H,5-6,8-9H2,(H,19,21,24). The van der Waals surface area contributed by atoms with Crippen LogP contribution in [0.15, 0.2) is 40.4 Å². The molecule has 4 rings (SSSR count). The van der Waals surface area contributed by atoms with Gasteiger partial charge < -0.3 is 14.7 Å². The van der Waals surface area contributed by atoms with Crippen LogP contribution in [-0.4, -0.2) is 34.1 Å². The van der Waals surface area contributed by atoms with Gasteiger partial charge in [0.1, 0.15) is 0 Å². The van der Waals surface area contributed by atoms with E-state index in [0.29, 0.717) is 35.1 Å². The van der Waals surface area contributed by atoms with Crippen molar-refractivity contribution < 1.29 is 9.32 Å². The summed E-state index contributed by atoms with van der Waals surface area (Å²) in [4.78, 5) is 22.9. The Morgan fingerprint density at radius 2 is 2.04 bits per heavy atom. The largest absolute Gasteiger partial charge is 0.324 e. The Kier molecular flexibility index (Phi) is 4.85. The number of piperidine rings is 1. The highest BCUT2D eigenvalue weighted by Gasteiger charge is 2.28. The van der Waals surface area contributed by atoms with E-state index in [-0.39, 0.29) is 11.8 Å². The molecule has 1 saturated heterocycles. The van der Waals surface area contributed by atoms with Gasteiger partial charge in [0.25, 0.3) is 0 Å². The number of nitrogens with zero attached hydrogens (tertiary/aromatic N) is 4. The normalized spacial score (nSPS) is 15.2. The van der Waals surface area contributed by atoms with Crippen LogP contribution in [0.3, 0.4) is 0 Å². The Morgan fingerprint density at radius 3 is 2.73 bits per heavy atom. The first-order valence-corrected chi connectivity index (χ1v) is 9.50. The average molecular weight is 390 g/mol. The number of aromatic nitrogens is 3. The summed E-state index contributed by atoms with van der Waals surface area (Å²) in [7, 11) is 0.